The fourth-order valence-corrected chi connectivity index (χ4v) is 2.95. The first-order valence-corrected chi connectivity index (χ1v) is 7.82. The minimum Gasteiger partial charge on any atom is -0.346 e. The molecule has 2 nitrogen and oxygen atoms in total. The van der Waals surface area contributed by atoms with Gasteiger partial charge in [0.25, 0.3) is 0 Å². The van der Waals surface area contributed by atoms with Crippen LogP contribution in [0.3, 0.4) is 0 Å². The van der Waals surface area contributed by atoms with Crippen molar-refractivity contribution in [1.82, 2.24) is 4.57 Å². The second kappa shape index (κ2) is 5.98. The van der Waals surface area contributed by atoms with Gasteiger partial charge in [-0.1, -0.05) is 55.8 Å². The smallest absolute Gasteiger partial charge is 0.195 e. The predicted molar refractivity (Wildman–Crippen MR) is 91.7 cm³/mol. The van der Waals surface area contributed by atoms with E-state index in [0.717, 1.165) is 23.0 Å². The number of hydrogen-bond acceptors (Lipinski definition) is 1. The van der Waals surface area contributed by atoms with Gasteiger partial charge in [0.2, 0.25) is 0 Å². The number of benzene rings is 2. The van der Waals surface area contributed by atoms with Gasteiger partial charge in [0.15, 0.2) is 5.78 Å². The molecule has 2 aromatic carbocycles. The lowest BCUT2D eigenvalue weighted by atomic mass is 10.0. The van der Waals surface area contributed by atoms with Crippen molar-refractivity contribution in [2.75, 3.05) is 0 Å². The predicted octanol–water partition coefficient (Wildman–Crippen LogP) is 5.18. The lowest BCUT2D eigenvalue weighted by Crippen LogP contribution is -2.03. The number of para-hydroxylation sites is 1. The molecule has 3 heteroatoms. The zero-order chi connectivity index (χ0) is 15.7. The van der Waals surface area contributed by atoms with Crippen molar-refractivity contribution in [2.24, 2.45) is 5.92 Å². The fraction of sp³-hybridized carbons (Fsp3) is 0.211. The van der Waals surface area contributed by atoms with Crippen molar-refractivity contribution in [3.05, 3.63) is 70.9 Å². The first-order valence-electron chi connectivity index (χ1n) is 7.44. The average molecular weight is 312 g/mol. The van der Waals surface area contributed by atoms with Gasteiger partial charge >= 0.3 is 0 Å². The largest absolute Gasteiger partial charge is 0.346 e. The fourth-order valence-electron chi connectivity index (χ4n) is 2.76. The van der Waals surface area contributed by atoms with Crippen LogP contribution in [0.5, 0.6) is 0 Å². The molecule has 112 valence electrons. The molecular weight excluding hydrogens is 294 g/mol. The number of fused-ring (bicyclic) bond motifs is 1. The third-order valence-electron chi connectivity index (χ3n) is 3.68. The molecule has 0 aliphatic heterocycles. The summed E-state index contributed by atoms with van der Waals surface area (Å²) in [5, 5.41) is 1.57. The van der Waals surface area contributed by atoms with Crippen LogP contribution in [-0.2, 0) is 6.54 Å². The van der Waals surface area contributed by atoms with Crippen molar-refractivity contribution < 1.29 is 4.79 Å². The van der Waals surface area contributed by atoms with E-state index in [1.54, 1.807) is 12.1 Å². The van der Waals surface area contributed by atoms with Gasteiger partial charge in [-0.05, 0) is 24.1 Å². The molecule has 0 bridgehead atoms. The Morgan fingerprint density at radius 3 is 2.64 bits per heavy atom. The maximum absolute atomic E-state index is 12.8. The molecule has 0 spiro atoms. The Bertz CT molecular complexity index is 832. The van der Waals surface area contributed by atoms with Gasteiger partial charge in [-0.2, -0.15) is 0 Å². The second-order valence-corrected chi connectivity index (χ2v) is 6.38. The molecular formula is C19H18ClNO. The quantitative estimate of drug-likeness (QED) is 0.608. The molecule has 22 heavy (non-hydrogen) atoms. The van der Waals surface area contributed by atoms with Crippen LogP contribution in [0.15, 0.2) is 54.7 Å². The number of aromatic nitrogens is 1. The highest BCUT2D eigenvalue weighted by molar-refractivity contribution is 6.31. The normalized spacial score (nSPS) is 11.3. The SMILES string of the molecule is CC(C)Cn1cc(C(=O)c2cccc(Cl)c2)c2ccccc21. The van der Waals surface area contributed by atoms with E-state index in [0.29, 0.717) is 16.5 Å². The van der Waals surface area contributed by atoms with Gasteiger partial charge < -0.3 is 4.57 Å². The Morgan fingerprint density at radius 1 is 1.14 bits per heavy atom. The molecule has 3 aromatic rings. The highest BCUT2D eigenvalue weighted by atomic mass is 35.5. The van der Waals surface area contributed by atoms with Gasteiger partial charge in [0.1, 0.15) is 0 Å². The maximum atomic E-state index is 12.8. The molecule has 1 aromatic heterocycles. The van der Waals surface area contributed by atoms with Crippen LogP contribution in [0.4, 0.5) is 0 Å². The molecule has 3 rings (SSSR count). The summed E-state index contributed by atoms with van der Waals surface area (Å²) in [5.41, 5.74) is 2.46. The summed E-state index contributed by atoms with van der Waals surface area (Å²) in [6.45, 7) is 5.24. The van der Waals surface area contributed by atoms with E-state index in [1.807, 2.05) is 36.5 Å². The summed E-state index contributed by atoms with van der Waals surface area (Å²) in [6.07, 6.45) is 1.97. The van der Waals surface area contributed by atoms with Crippen molar-refractivity contribution >= 4 is 28.3 Å². The Labute approximate surface area is 135 Å². The van der Waals surface area contributed by atoms with E-state index in [1.165, 1.54) is 0 Å². The van der Waals surface area contributed by atoms with Gasteiger partial charge in [-0.3, -0.25) is 4.79 Å². The molecule has 0 amide bonds. The average Bonchev–Trinajstić information content (AvgIpc) is 2.85. The highest BCUT2D eigenvalue weighted by Crippen LogP contribution is 2.25. The Morgan fingerprint density at radius 2 is 1.91 bits per heavy atom. The van der Waals surface area contributed by atoms with E-state index >= 15 is 0 Å². The number of carbonyl (C=O) groups excluding carboxylic acids is 1. The first-order chi connectivity index (χ1) is 10.6. The van der Waals surface area contributed by atoms with Crippen molar-refractivity contribution in [1.29, 1.82) is 0 Å². The number of ketones is 1. The van der Waals surface area contributed by atoms with E-state index in [2.05, 4.69) is 24.5 Å². The molecule has 0 radical (unpaired) electrons. The Hall–Kier alpha value is -2.06. The van der Waals surface area contributed by atoms with E-state index in [-0.39, 0.29) is 5.78 Å². The van der Waals surface area contributed by atoms with E-state index in [9.17, 15) is 4.79 Å². The number of carbonyl (C=O) groups is 1. The molecule has 0 aliphatic carbocycles. The van der Waals surface area contributed by atoms with Crippen LogP contribution in [-0.4, -0.2) is 10.4 Å². The van der Waals surface area contributed by atoms with Crippen LogP contribution in [0.2, 0.25) is 5.02 Å². The minimum atomic E-state index is 0.0150. The molecule has 0 fully saturated rings. The third-order valence-corrected chi connectivity index (χ3v) is 3.92. The summed E-state index contributed by atoms with van der Waals surface area (Å²) in [6, 6.07) is 15.2. The van der Waals surface area contributed by atoms with Crippen LogP contribution in [0.1, 0.15) is 29.8 Å². The number of hydrogen-bond donors (Lipinski definition) is 0. The van der Waals surface area contributed by atoms with E-state index in [4.69, 9.17) is 11.6 Å². The third kappa shape index (κ3) is 2.79. The summed E-state index contributed by atoms with van der Waals surface area (Å²) >= 11 is 6.01. The monoisotopic (exact) mass is 311 g/mol. The minimum absolute atomic E-state index is 0.0150. The number of halogens is 1. The molecule has 0 aliphatic rings. The van der Waals surface area contributed by atoms with Gasteiger partial charge in [-0.15, -0.1) is 0 Å². The van der Waals surface area contributed by atoms with Crippen molar-refractivity contribution in [3.63, 3.8) is 0 Å². The van der Waals surface area contributed by atoms with Crippen LogP contribution < -0.4 is 0 Å². The van der Waals surface area contributed by atoms with Crippen LogP contribution in [0.25, 0.3) is 10.9 Å². The maximum Gasteiger partial charge on any atom is 0.195 e. The van der Waals surface area contributed by atoms with Gasteiger partial charge in [-0.25, -0.2) is 0 Å². The molecule has 0 saturated heterocycles. The van der Waals surface area contributed by atoms with Crippen LogP contribution >= 0.6 is 11.6 Å². The van der Waals surface area contributed by atoms with Crippen molar-refractivity contribution in [3.8, 4) is 0 Å². The van der Waals surface area contributed by atoms with Crippen LogP contribution in [0, 0.1) is 5.92 Å². The number of rotatable bonds is 4. The first kappa shape index (κ1) is 14.9. The Balaban J connectivity index is 2.12. The molecule has 0 saturated carbocycles. The number of nitrogens with zero attached hydrogens (tertiary/aromatic N) is 1. The lowest BCUT2D eigenvalue weighted by Gasteiger charge is -2.07. The second-order valence-electron chi connectivity index (χ2n) is 5.95. The van der Waals surface area contributed by atoms with Gasteiger partial charge in [0.05, 0.1) is 0 Å². The van der Waals surface area contributed by atoms with E-state index < -0.39 is 0 Å². The highest BCUT2D eigenvalue weighted by Gasteiger charge is 2.17. The Kier molecular flexibility index (Phi) is 4.04. The molecule has 1 heterocycles. The van der Waals surface area contributed by atoms with Gasteiger partial charge in [0, 0.05) is 39.8 Å². The lowest BCUT2D eigenvalue weighted by molar-refractivity contribution is 0.104. The zero-order valence-corrected chi connectivity index (χ0v) is 13.5. The summed E-state index contributed by atoms with van der Waals surface area (Å²) in [7, 11) is 0. The summed E-state index contributed by atoms with van der Waals surface area (Å²) in [5.74, 6) is 0.533. The molecule has 0 unspecified atom stereocenters. The van der Waals surface area contributed by atoms with Crippen molar-refractivity contribution in [2.45, 2.75) is 20.4 Å². The summed E-state index contributed by atoms with van der Waals surface area (Å²) < 4.78 is 2.16. The standard InChI is InChI=1S/C19H18ClNO/c1-13(2)11-21-12-17(16-8-3-4-9-18(16)21)19(22)14-6-5-7-15(20)10-14/h3-10,12-13H,11H2,1-2H3. The topological polar surface area (TPSA) is 22.0 Å². The zero-order valence-electron chi connectivity index (χ0n) is 12.7. The summed E-state index contributed by atoms with van der Waals surface area (Å²) in [4.78, 5) is 12.8. The molecule has 0 N–H and O–H groups in total. The molecule has 0 atom stereocenters.